The van der Waals surface area contributed by atoms with Crippen molar-refractivity contribution < 1.29 is 8.42 Å². The van der Waals surface area contributed by atoms with Gasteiger partial charge in [-0.25, -0.2) is 12.7 Å². The third-order valence-electron chi connectivity index (χ3n) is 4.60. The predicted octanol–water partition coefficient (Wildman–Crippen LogP) is 1.56. The molecule has 3 rings (SSSR count). The van der Waals surface area contributed by atoms with Crippen molar-refractivity contribution in [2.24, 2.45) is 0 Å². The summed E-state index contributed by atoms with van der Waals surface area (Å²) in [6.07, 6.45) is 2.52. The van der Waals surface area contributed by atoms with Crippen molar-refractivity contribution in [1.82, 2.24) is 9.21 Å². The second-order valence-electron chi connectivity index (χ2n) is 6.25. The van der Waals surface area contributed by atoms with Gasteiger partial charge in [-0.15, -0.1) is 0 Å². The Balaban J connectivity index is 1.59. The van der Waals surface area contributed by atoms with Crippen molar-refractivity contribution in [2.75, 3.05) is 20.1 Å². The molecule has 2 fully saturated rings. The topological polar surface area (TPSA) is 64.4 Å². The van der Waals surface area contributed by atoms with E-state index in [0.717, 1.165) is 44.5 Å². The second kappa shape index (κ2) is 5.99. The van der Waals surface area contributed by atoms with Crippen LogP contribution < -0.4 is 0 Å². The standard InChI is InChI=1S/C16H21N3O2S/c1-18(22(20,21)16-6-7-16)15-8-9-19(12-15)11-14-4-2-13(10-17)3-5-14/h2-5,15-16H,6-9,11-12H2,1H3. The average molecular weight is 319 g/mol. The predicted molar refractivity (Wildman–Crippen MR) is 84.5 cm³/mol. The summed E-state index contributed by atoms with van der Waals surface area (Å²) < 4.78 is 26.2. The van der Waals surface area contributed by atoms with E-state index >= 15 is 0 Å². The number of nitriles is 1. The lowest BCUT2D eigenvalue weighted by Gasteiger charge is -2.24. The van der Waals surface area contributed by atoms with Crippen LogP contribution in [0.2, 0.25) is 0 Å². The van der Waals surface area contributed by atoms with Gasteiger partial charge in [0.1, 0.15) is 0 Å². The van der Waals surface area contributed by atoms with Gasteiger partial charge in [-0.1, -0.05) is 12.1 Å². The van der Waals surface area contributed by atoms with Crippen LogP contribution in [0.1, 0.15) is 30.4 Å². The molecule has 5 nitrogen and oxygen atoms in total. The number of rotatable bonds is 5. The van der Waals surface area contributed by atoms with Crippen LogP contribution in [-0.2, 0) is 16.6 Å². The van der Waals surface area contributed by atoms with Crippen LogP contribution in [0.15, 0.2) is 24.3 Å². The molecule has 0 bridgehead atoms. The second-order valence-corrected chi connectivity index (χ2v) is 8.52. The molecule has 1 aliphatic heterocycles. The molecular formula is C16H21N3O2S. The molecule has 1 aromatic rings. The third-order valence-corrected chi connectivity index (χ3v) is 7.01. The van der Waals surface area contributed by atoms with Gasteiger partial charge >= 0.3 is 0 Å². The summed E-state index contributed by atoms with van der Waals surface area (Å²) in [6, 6.07) is 9.79. The Hall–Kier alpha value is -1.42. The summed E-state index contributed by atoms with van der Waals surface area (Å²) in [7, 11) is -1.36. The van der Waals surface area contributed by atoms with Crippen LogP contribution >= 0.6 is 0 Å². The molecule has 22 heavy (non-hydrogen) atoms. The minimum atomic E-state index is -3.08. The molecule has 2 aliphatic rings. The summed E-state index contributed by atoms with van der Waals surface area (Å²) >= 11 is 0. The Labute approximate surface area is 132 Å². The molecule has 6 heteroatoms. The fourth-order valence-corrected chi connectivity index (χ4v) is 4.79. The van der Waals surface area contributed by atoms with E-state index < -0.39 is 10.0 Å². The van der Waals surface area contributed by atoms with Crippen LogP contribution in [0.25, 0.3) is 0 Å². The van der Waals surface area contributed by atoms with Gasteiger partial charge in [0.05, 0.1) is 16.9 Å². The number of hydrogen-bond acceptors (Lipinski definition) is 4. The van der Waals surface area contributed by atoms with E-state index in [9.17, 15) is 8.42 Å². The van der Waals surface area contributed by atoms with Crippen LogP contribution in [0, 0.1) is 11.3 Å². The smallest absolute Gasteiger partial charge is 0.217 e. The van der Waals surface area contributed by atoms with Crippen molar-refractivity contribution in [1.29, 1.82) is 5.26 Å². The zero-order chi connectivity index (χ0) is 15.7. The minimum Gasteiger partial charge on any atom is -0.297 e. The molecule has 0 radical (unpaired) electrons. The first-order valence-corrected chi connectivity index (χ1v) is 9.19. The van der Waals surface area contributed by atoms with E-state index in [1.54, 1.807) is 11.4 Å². The maximum Gasteiger partial charge on any atom is 0.217 e. The van der Waals surface area contributed by atoms with Crippen molar-refractivity contribution in [2.45, 2.75) is 37.1 Å². The highest BCUT2D eigenvalue weighted by Gasteiger charge is 2.42. The number of sulfonamides is 1. The maximum absolute atomic E-state index is 12.3. The molecule has 1 unspecified atom stereocenters. The number of benzene rings is 1. The quantitative estimate of drug-likeness (QED) is 0.826. The van der Waals surface area contributed by atoms with Crippen molar-refractivity contribution in [3.63, 3.8) is 0 Å². The van der Waals surface area contributed by atoms with E-state index in [2.05, 4.69) is 11.0 Å². The highest BCUT2D eigenvalue weighted by Crippen LogP contribution is 2.32. The Kier molecular flexibility index (Phi) is 4.22. The Morgan fingerprint density at radius 3 is 2.55 bits per heavy atom. The zero-order valence-electron chi connectivity index (χ0n) is 12.8. The molecule has 1 saturated heterocycles. The van der Waals surface area contributed by atoms with Crippen LogP contribution in [0.4, 0.5) is 0 Å². The fourth-order valence-electron chi connectivity index (χ4n) is 3.00. The average Bonchev–Trinajstić information content (AvgIpc) is 3.29. The third kappa shape index (κ3) is 3.17. The highest BCUT2D eigenvalue weighted by atomic mass is 32.2. The number of likely N-dealkylation sites (tertiary alicyclic amines) is 1. The highest BCUT2D eigenvalue weighted by molar-refractivity contribution is 7.90. The Morgan fingerprint density at radius 1 is 1.27 bits per heavy atom. The summed E-state index contributed by atoms with van der Waals surface area (Å²) in [4.78, 5) is 2.28. The molecule has 1 saturated carbocycles. The van der Waals surface area contributed by atoms with E-state index in [4.69, 9.17) is 5.26 Å². The normalized spacial score (nSPS) is 22.9. The van der Waals surface area contributed by atoms with Gasteiger partial charge in [-0.3, -0.25) is 4.90 Å². The first kappa shape index (κ1) is 15.5. The lowest BCUT2D eigenvalue weighted by Crippen LogP contribution is -2.40. The van der Waals surface area contributed by atoms with Gasteiger partial charge in [0.25, 0.3) is 0 Å². The first-order chi connectivity index (χ1) is 10.5. The van der Waals surface area contributed by atoms with E-state index in [1.807, 2.05) is 24.3 Å². The lowest BCUT2D eigenvalue weighted by atomic mass is 10.1. The van der Waals surface area contributed by atoms with Gasteiger partial charge in [0.2, 0.25) is 10.0 Å². The first-order valence-electron chi connectivity index (χ1n) is 7.69. The lowest BCUT2D eigenvalue weighted by molar-refractivity contribution is 0.298. The Morgan fingerprint density at radius 2 is 1.95 bits per heavy atom. The summed E-state index contributed by atoms with van der Waals surface area (Å²) in [5.41, 5.74) is 1.82. The van der Waals surface area contributed by atoms with Crippen molar-refractivity contribution >= 4 is 10.0 Å². The molecule has 0 N–H and O–H groups in total. The summed E-state index contributed by atoms with van der Waals surface area (Å²) in [5.74, 6) is 0. The van der Waals surface area contributed by atoms with Crippen molar-refractivity contribution in [3.05, 3.63) is 35.4 Å². The molecule has 0 amide bonds. The van der Waals surface area contributed by atoms with Crippen LogP contribution in [-0.4, -0.2) is 49.1 Å². The maximum atomic E-state index is 12.3. The monoisotopic (exact) mass is 319 g/mol. The molecule has 1 aromatic carbocycles. The minimum absolute atomic E-state index is 0.0870. The van der Waals surface area contributed by atoms with Crippen molar-refractivity contribution in [3.8, 4) is 6.07 Å². The molecule has 118 valence electrons. The van der Waals surface area contributed by atoms with Gasteiger partial charge in [-0.05, 0) is 37.0 Å². The van der Waals surface area contributed by atoms with E-state index in [1.165, 1.54) is 0 Å². The van der Waals surface area contributed by atoms with Gasteiger partial charge in [0.15, 0.2) is 0 Å². The number of nitrogens with zero attached hydrogens (tertiary/aromatic N) is 3. The Bertz CT molecular complexity index is 674. The van der Waals surface area contributed by atoms with Gasteiger partial charge in [-0.2, -0.15) is 5.26 Å². The number of likely N-dealkylation sites (N-methyl/N-ethyl adjacent to an activating group) is 1. The van der Waals surface area contributed by atoms with Crippen LogP contribution in [0.5, 0.6) is 0 Å². The molecule has 0 spiro atoms. The molecular weight excluding hydrogens is 298 g/mol. The fraction of sp³-hybridized carbons (Fsp3) is 0.562. The number of hydrogen-bond donors (Lipinski definition) is 0. The summed E-state index contributed by atoms with van der Waals surface area (Å²) in [5, 5.41) is 8.68. The van der Waals surface area contributed by atoms with Gasteiger partial charge in [0, 0.05) is 32.7 Å². The molecule has 1 heterocycles. The molecule has 0 aromatic heterocycles. The largest absolute Gasteiger partial charge is 0.297 e. The van der Waals surface area contributed by atoms with E-state index in [-0.39, 0.29) is 11.3 Å². The van der Waals surface area contributed by atoms with Gasteiger partial charge < -0.3 is 0 Å². The molecule has 1 atom stereocenters. The molecule has 1 aliphatic carbocycles. The summed E-state index contributed by atoms with van der Waals surface area (Å²) in [6.45, 7) is 2.50. The van der Waals surface area contributed by atoms with E-state index in [0.29, 0.717) is 5.56 Å². The SMILES string of the molecule is CN(C1CCN(Cc2ccc(C#N)cc2)C1)S(=O)(=O)C1CC1. The zero-order valence-corrected chi connectivity index (χ0v) is 13.6. The van der Waals surface area contributed by atoms with Crippen LogP contribution in [0.3, 0.4) is 0 Å².